The van der Waals surface area contributed by atoms with Gasteiger partial charge < -0.3 is 9.64 Å². The standard InChI is InChI=1S/C29H24Cl2F2N4O2S/c1-2-3-6-15-36-24-8-5-4-7-21(24)26(27(36)38)35-37-25(18-9-12-20(13-10-18)39-28(32)33)17-40-29(37)34-19-11-14-22(30)23(31)16-19/h4-5,7-14,16-17,28H,2-3,6,15H2,1H3. The summed E-state index contributed by atoms with van der Waals surface area (Å²) in [6, 6.07) is 18.8. The number of aromatic nitrogens is 1. The van der Waals surface area contributed by atoms with Crippen molar-refractivity contribution < 1.29 is 18.3 Å². The van der Waals surface area contributed by atoms with Crippen molar-refractivity contribution in [3.8, 4) is 17.0 Å². The van der Waals surface area contributed by atoms with Gasteiger partial charge >= 0.3 is 6.61 Å². The number of halogens is 4. The van der Waals surface area contributed by atoms with Crippen molar-refractivity contribution in [2.24, 2.45) is 10.1 Å². The number of benzene rings is 3. The number of thiazole rings is 1. The first kappa shape index (κ1) is 28.0. The van der Waals surface area contributed by atoms with Crippen LogP contribution in [0.5, 0.6) is 5.75 Å². The van der Waals surface area contributed by atoms with Crippen molar-refractivity contribution in [2.75, 3.05) is 11.4 Å². The molecular weight excluding hydrogens is 577 g/mol. The van der Waals surface area contributed by atoms with Gasteiger partial charge in [-0.05, 0) is 55.0 Å². The van der Waals surface area contributed by atoms with E-state index >= 15 is 0 Å². The van der Waals surface area contributed by atoms with Gasteiger partial charge in [0.1, 0.15) is 5.75 Å². The van der Waals surface area contributed by atoms with E-state index in [1.807, 2.05) is 29.6 Å². The first-order valence-corrected chi connectivity index (χ1v) is 14.2. The zero-order valence-corrected chi connectivity index (χ0v) is 23.7. The number of fused-ring (bicyclic) bond motifs is 1. The number of carbonyl (C=O) groups excluding carboxylic acids is 1. The Morgan fingerprint density at radius 2 is 1.77 bits per heavy atom. The van der Waals surface area contributed by atoms with Gasteiger partial charge in [-0.25, -0.2) is 9.67 Å². The molecule has 0 N–H and O–H groups in total. The monoisotopic (exact) mass is 600 g/mol. The number of ether oxygens (including phenoxy) is 1. The third-order valence-corrected chi connectivity index (χ3v) is 7.83. The van der Waals surface area contributed by atoms with Gasteiger partial charge in [0, 0.05) is 23.1 Å². The zero-order chi connectivity index (χ0) is 28.2. The molecule has 0 saturated carbocycles. The molecule has 1 amide bonds. The van der Waals surface area contributed by atoms with Crippen LogP contribution in [0, 0.1) is 0 Å². The van der Waals surface area contributed by atoms with E-state index in [1.165, 1.54) is 23.5 Å². The second-order valence-corrected chi connectivity index (χ2v) is 10.6. The molecule has 2 heterocycles. The molecule has 0 bridgehead atoms. The van der Waals surface area contributed by atoms with Crippen molar-refractivity contribution in [3.05, 3.63) is 92.5 Å². The maximum Gasteiger partial charge on any atom is 0.387 e. The summed E-state index contributed by atoms with van der Waals surface area (Å²) < 4.78 is 31.4. The normalized spacial score (nSPS) is 14.4. The van der Waals surface area contributed by atoms with Crippen molar-refractivity contribution in [3.63, 3.8) is 0 Å². The van der Waals surface area contributed by atoms with E-state index in [0.29, 0.717) is 44.0 Å². The van der Waals surface area contributed by atoms with Crippen LogP contribution in [0.15, 0.2) is 82.2 Å². The first-order chi connectivity index (χ1) is 19.4. The molecule has 206 valence electrons. The summed E-state index contributed by atoms with van der Waals surface area (Å²) >= 11 is 13.6. The molecule has 0 fully saturated rings. The fourth-order valence-electron chi connectivity index (χ4n) is 4.34. The topological polar surface area (TPSA) is 59.2 Å². The van der Waals surface area contributed by atoms with E-state index in [9.17, 15) is 13.6 Å². The molecule has 0 aliphatic carbocycles. The van der Waals surface area contributed by atoms with E-state index in [0.717, 1.165) is 30.5 Å². The average Bonchev–Trinajstić information content (AvgIpc) is 3.45. The van der Waals surface area contributed by atoms with Gasteiger partial charge in [-0.1, -0.05) is 61.2 Å². The van der Waals surface area contributed by atoms with E-state index in [1.54, 1.807) is 39.9 Å². The van der Waals surface area contributed by atoms with E-state index in [2.05, 4.69) is 11.7 Å². The van der Waals surface area contributed by atoms with Gasteiger partial charge in [0.2, 0.25) is 4.80 Å². The predicted molar refractivity (Wildman–Crippen MR) is 156 cm³/mol. The fraction of sp³-hybridized carbons (Fsp3) is 0.207. The van der Waals surface area contributed by atoms with Crippen molar-refractivity contribution in [1.82, 2.24) is 4.68 Å². The van der Waals surface area contributed by atoms with E-state index < -0.39 is 6.61 Å². The molecule has 40 heavy (non-hydrogen) atoms. The minimum absolute atomic E-state index is 0.0372. The Kier molecular flexibility index (Phi) is 8.63. The Balaban J connectivity index is 1.64. The lowest BCUT2D eigenvalue weighted by Crippen LogP contribution is -2.31. The van der Waals surface area contributed by atoms with Gasteiger partial charge in [-0.3, -0.25) is 4.79 Å². The summed E-state index contributed by atoms with van der Waals surface area (Å²) in [6.45, 7) is -0.212. The number of nitrogens with zero attached hydrogens (tertiary/aromatic N) is 4. The number of hydrogen-bond acceptors (Lipinski definition) is 5. The molecule has 0 spiro atoms. The largest absolute Gasteiger partial charge is 0.435 e. The maximum atomic E-state index is 13.7. The second-order valence-electron chi connectivity index (χ2n) is 8.96. The molecule has 0 unspecified atom stereocenters. The molecular formula is C29H24Cl2F2N4O2S. The molecule has 4 aromatic rings. The molecule has 0 radical (unpaired) electrons. The zero-order valence-electron chi connectivity index (χ0n) is 21.4. The Morgan fingerprint density at radius 3 is 2.50 bits per heavy atom. The number of carbonyl (C=O) groups is 1. The van der Waals surface area contributed by atoms with Crippen molar-refractivity contribution in [2.45, 2.75) is 32.8 Å². The Labute approximate surface area is 243 Å². The summed E-state index contributed by atoms with van der Waals surface area (Å²) in [6.07, 6.45) is 2.94. The van der Waals surface area contributed by atoms with Crippen LogP contribution in [0.4, 0.5) is 20.2 Å². The molecule has 6 nitrogen and oxygen atoms in total. The molecule has 0 atom stereocenters. The van der Waals surface area contributed by atoms with Gasteiger partial charge in [-0.15, -0.1) is 11.3 Å². The van der Waals surface area contributed by atoms with Crippen LogP contribution in [-0.4, -0.2) is 29.5 Å². The number of anilines is 1. The Bertz CT molecular complexity index is 1630. The van der Waals surface area contributed by atoms with E-state index in [-0.39, 0.29) is 11.7 Å². The highest BCUT2D eigenvalue weighted by Crippen LogP contribution is 2.31. The summed E-state index contributed by atoms with van der Waals surface area (Å²) in [5.41, 5.74) is 3.69. The molecule has 1 aromatic heterocycles. The summed E-state index contributed by atoms with van der Waals surface area (Å²) in [4.78, 5) is 20.6. The third kappa shape index (κ3) is 5.96. The minimum Gasteiger partial charge on any atom is -0.435 e. The summed E-state index contributed by atoms with van der Waals surface area (Å²) in [7, 11) is 0. The lowest BCUT2D eigenvalue weighted by molar-refractivity contribution is -0.112. The highest BCUT2D eigenvalue weighted by atomic mass is 35.5. The number of para-hydroxylation sites is 1. The number of hydrogen-bond donors (Lipinski definition) is 0. The van der Waals surface area contributed by atoms with Crippen LogP contribution in [0.3, 0.4) is 0 Å². The van der Waals surface area contributed by atoms with Gasteiger partial charge in [0.15, 0.2) is 5.71 Å². The summed E-state index contributed by atoms with van der Waals surface area (Å²) in [5, 5.41) is 7.45. The van der Waals surface area contributed by atoms with Crippen LogP contribution in [-0.2, 0) is 4.79 Å². The molecule has 5 rings (SSSR count). The van der Waals surface area contributed by atoms with Crippen LogP contribution in [0.25, 0.3) is 11.3 Å². The van der Waals surface area contributed by atoms with Crippen LogP contribution < -0.4 is 14.4 Å². The number of rotatable bonds is 9. The van der Waals surface area contributed by atoms with Crippen molar-refractivity contribution in [1.29, 1.82) is 0 Å². The van der Waals surface area contributed by atoms with E-state index in [4.69, 9.17) is 33.3 Å². The second kappa shape index (κ2) is 12.3. The number of amides is 1. The number of unbranched alkanes of at least 4 members (excludes halogenated alkanes) is 2. The highest BCUT2D eigenvalue weighted by Gasteiger charge is 2.34. The third-order valence-electron chi connectivity index (χ3n) is 6.27. The first-order valence-electron chi connectivity index (χ1n) is 12.6. The smallest absolute Gasteiger partial charge is 0.387 e. The minimum atomic E-state index is -2.92. The number of alkyl halides is 2. The quantitative estimate of drug-likeness (QED) is 0.182. The van der Waals surface area contributed by atoms with Gasteiger partial charge in [0.05, 0.1) is 27.1 Å². The lowest BCUT2D eigenvalue weighted by atomic mass is 10.1. The van der Waals surface area contributed by atoms with Crippen LogP contribution in [0.1, 0.15) is 31.7 Å². The average molecular weight is 602 g/mol. The fourth-order valence-corrected chi connectivity index (χ4v) is 5.49. The lowest BCUT2D eigenvalue weighted by Gasteiger charge is -2.16. The molecule has 3 aromatic carbocycles. The van der Waals surface area contributed by atoms with Crippen LogP contribution in [0.2, 0.25) is 10.0 Å². The summed E-state index contributed by atoms with van der Waals surface area (Å²) in [5.74, 6) is -0.154. The molecule has 0 saturated heterocycles. The van der Waals surface area contributed by atoms with Crippen molar-refractivity contribution >= 4 is 57.5 Å². The van der Waals surface area contributed by atoms with Gasteiger partial charge in [-0.2, -0.15) is 13.9 Å². The highest BCUT2D eigenvalue weighted by molar-refractivity contribution is 7.07. The Hall–Kier alpha value is -3.53. The maximum absolute atomic E-state index is 13.7. The Morgan fingerprint density at radius 1 is 1.00 bits per heavy atom. The predicted octanol–water partition coefficient (Wildman–Crippen LogP) is 8.15. The molecule has 11 heteroatoms. The van der Waals surface area contributed by atoms with Gasteiger partial charge in [0.25, 0.3) is 5.91 Å². The molecule has 1 aliphatic heterocycles. The van der Waals surface area contributed by atoms with Crippen LogP contribution >= 0.6 is 34.5 Å². The molecule has 1 aliphatic rings. The SMILES string of the molecule is CCCCCN1C(=O)C(=Nn2c(-c3ccc(OC(F)F)cc3)csc2=Nc2ccc(Cl)c(Cl)c2)c2ccccc21.